The SMILES string of the molecule is C=CCNC(=O)C(=O)N/N=C\c1ccccc1OCC. The van der Waals surface area contributed by atoms with Gasteiger partial charge in [0.25, 0.3) is 0 Å². The van der Waals surface area contributed by atoms with Crippen molar-refractivity contribution in [3.63, 3.8) is 0 Å². The van der Waals surface area contributed by atoms with Crippen molar-refractivity contribution in [2.75, 3.05) is 13.2 Å². The Balaban J connectivity index is 2.58. The van der Waals surface area contributed by atoms with Gasteiger partial charge in [0.2, 0.25) is 0 Å². The molecule has 0 heterocycles. The normalized spacial score (nSPS) is 10.1. The first-order chi connectivity index (χ1) is 9.69. The van der Waals surface area contributed by atoms with E-state index in [4.69, 9.17) is 4.74 Å². The summed E-state index contributed by atoms with van der Waals surface area (Å²) in [6, 6.07) is 7.24. The van der Waals surface area contributed by atoms with Crippen LogP contribution in [0, 0.1) is 0 Å². The quantitative estimate of drug-likeness (QED) is 0.349. The second kappa shape index (κ2) is 8.47. The molecule has 0 saturated heterocycles. The summed E-state index contributed by atoms with van der Waals surface area (Å²) in [7, 11) is 0. The monoisotopic (exact) mass is 275 g/mol. The summed E-state index contributed by atoms with van der Waals surface area (Å²) in [5.74, 6) is -0.943. The van der Waals surface area contributed by atoms with Crippen LogP contribution >= 0.6 is 0 Å². The molecule has 106 valence electrons. The van der Waals surface area contributed by atoms with E-state index < -0.39 is 11.8 Å². The molecular formula is C14H17N3O3. The molecule has 1 aromatic rings. The van der Waals surface area contributed by atoms with Crippen LogP contribution in [-0.4, -0.2) is 31.2 Å². The van der Waals surface area contributed by atoms with Crippen LogP contribution in [0.3, 0.4) is 0 Å². The molecule has 0 bridgehead atoms. The summed E-state index contributed by atoms with van der Waals surface area (Å²) in [4.78, 5) is 22.6. The maximum atomic E-state index is 11.3. The van der Waals surface area contributed by atoms with E-state index in [1.165, 1.54) is 12.3 Å². The minimum Gasteiger partial charge on any atom is -0.493 e. The summed E-state index contributed by atoms with van der Waals surface area (Å²) in [5.41, 5.74) is 2.85. The van der Waals surface area contributed by atoms with Gasteiger partial charge in [-0.1, -0.05) is 18.2 Å². The van der Waals surface area contributed by atoms with Crippen molar-refractivity contribution in [2.45, 2.75) is 6.92 Å². The maximum absolute atomic E-state index is 11.3. The topological polar surface area (TPSA) is 79.8 Å². The molecule has 2 amide bonds. The number of amides is 2. The van der Waals surface area contributed by atoms with Gasteiger partial charge in [-0.05, 0) is 19.1 Å². The van der Waals surface area contributed by atoms with Crippen LogP contribution < -0.4 is 15.5 Å². The fourth-order valence-corrected chi connectivity index (χ4v) is 1.33. The van der Waals surface area contributed by atoms with Gasteiger partial charge < -0.3 is 10.1 Å². The molecule has 6 nitrogen and oxygen atoms in total. The first-order valence-corrected chi connectivity index (χ1v) is 6.13. The fourth-order valence-electron chi connectivity index (χ4n) is 1.33. The Kier molecular flexibility index (Phi) is 6.53. The third kappa shape index (κ3) is 4.93. The van der Waals surface area contributed by atoms with E-state index in [9.17, 15) is 9.59 Å². The van der Waals surface area contributed by atoms with Crippen molar-refractivity contribution >= 4 is 18.0 Å². The van der Waals surface area contributed by atoms with Gasteiger partial charge in [-0.2, -0.15) is 5.10 Å². The van der Waals surface area contributed by atoms with Gasteiger partial charge in [-0.25, -0.2) is 5.43 Å². The molecule has 2 N–H and O–H groups in total. The number of carbonyl (C=O) groups excluding carboxylic acids is 2. The number of benzene rings is 1. The molecule has 0 radical (unpaired) electrons. The Morgan fingerprint density at radius 3 is 2.80 bits per heavy atom. The zero-order valence-electron chi connectivity index (χ0n) is 11.3. The summed E-state index contributed by atoms with van der Waals surface area (Å²) in [6.45, 7) is 6.06. The first-order valence-electron chi connectivity index (χ1n) is 6.13. The lowest BCUT2D eigenvalue weighted by Gasteiger charge is -2.05. The highest BCUT2D eigenvalue weighted by Crippen LogP contribution is 2.15. The average molecular weight is 275 g/mol. The van der Waals surface area contributed by atoms with Gasteiger partial charge in [0, 0.05) is 12.1 Å². The minimum absolute atomic E-state index is 0.225. The number of nitrogens with one attached hydrogen (secondary N) is 2. The van der Waals surface area contributed by atoms with Crippen LogP contribution in [0.5, 0.6) is 5.75 Å². The third-order valence-electron chi connectivity index (χ3n) is 2.20. The molecule has 0 aromatic heterocycles. The van der Waals surface area contributed by atoms with Gasteiger partial charge in [-0.3, -0.25) is 9.59 Å². The zero-order valence-corrected chi connectivity index (χ0v) is 11.3. The number of rotatable bonds is 6. The van der Waals surface area contributed by atoms with Crippen molar-refractivity contribution in [3.8, 4) is 5.75 Å². The fraction of sp³-hybridized carbons (Fsp3) is 0.214. The first kappa shape index (κ1) is 15.4. The van der Waals surface area contributed by atoms with E-state index in [1.807, 2.05) is 19.1 Å². The molecule has 20 heavy (non-hydrogen) atoms. The van der Waals surface area contributed by atoms with Gasteiger partial charge in [0.15, 0.2) is 0 Å². The Bertz CT molecular complexity index is 512. The molecule has 1 aromatic carbocycles. The largest absolute Gasteiger partial charge is 0.493 e. The molecule has 0 saturated carbocycles. The summed E-state index contributed by atoms with van der Waals surface area (Å²) in [6.07, 6.45) is 2.90. The van der Waals surface area contributed by atoms with Crippen LogP contribution in [0.25, 0.3) is 0 Å². The average Bonchev–Trinajstić information content (AvgIpc) is 2.46. The van der Waals surface area contributed by atoms with Crippen molar-refractivity contribution in [1.29, 1.82) is 0 Å². The number of carbonyl (C=O) groups is 2. The Labute approximate surface area is 117 Å². The van der Waals surface area contributed by atoms with Crippen LogP contribution in [0.2, 0.25) is 0 Å². The van der Waals surface area contributed by atoms with Crippen molar-refractivity contribution < 1.29 is 14.3 Å². The van der Waals surface area contributed by atoms with Crippen molar-refractivity contribution in [2.24, 2.45) is 5.10 Å². The molecule has 0 aliphatic heterocycles. The van der Waals surface area contributed by atoms with Crippen LogP contribution in [0.1, 0.15) is 12.5 Å². The number of nitrogens with zero attached hydrogens (tertiary/aromatic N) is 1. The highest BCUT2D eigenvalue weighted by molar-refractivity contribution is 6.35. The predicted molar refractivity (Wildman–Crippen MR) is 76.6 cm³/mol. The van der Waals surface area contributed by atoms with E-state index in [-0.39, 0.29) is 6.54 Å². The summed E-state index contributed by atoms with van der Waals surface area (Å²) >= 11 is 0. The van der Waals surface area contributed by atoms with Crippen molar-refractivity contribution in [3.05, 3.63) is 42.5 Å². The lowest BCUT2D eigenvalue weighted by atomic mass is 10.2. The predicted octanol–water partition coefficient (Wildman–Crippen LogP) is 0.838. The molecule has 0 atom stereocenters. The van der Waals surface area contributed by atoms with Crippen LogP contribution in [0.4, 0.5) is 0 Å². The highest BCUT2D eigenvalue weighted by Gasteiger charge is 2.10. The highest BCUT2D eigenvalue weighted by atomic mass is 16.5. The van der Waals surface area contributed by atoms with Gasteiger partial charge in [0.1, 0.15) is 5.75 Å². The Hall–Kier alpha value is -2.63. The lowest BCUT2D eigenvalue weighted by Crippen LogP contribution is -2.37. The standard InChI is InChI=1S/C14H17N3O3/c1-3-9-15-13(18)14(19)17-16-10-11-7-5-6-8-12(11)20-4-2/h3,5-8,10H,1,4,9H2,2H3,(H,15,18)(H,17,19)/b16-10-. The maximum Gasteiger partial charge on any atom is 0.329 e. The molecule has 0 aliphatic carbocycles. The second-order valence-electron chi connectivity index (χ2n) is 3.67. The molecule has 6 heteroatoms. The van der Waals surface area contributed by atoms with E-state index in [1.54, 1.807) is 12.1 Å². The number of ether oxygens (including phenoxy) is 1. The lowest BCUT2D eigenvalue weighted by molar-refractivity contribution is -0.139. The number of hydrazone groups is 1. The third-order valence-corrected chi connectivity index (χ3v) is 2.20. The second-order valence-corrected chi connectivity index (χ2v) is 3.67. The van der Waals surface area contributed by atoms with Crippen LogP contribution in [-0.2, 0) is 9.59 Å². The summed E-state index contributed by atoms with van der Waals surface area (Å²) in [5, 5.41) is 6.07. The van der Waals surface area contributed by atoms with E-state index in [0.717, 1.165) is 0 Å². The van der Waals surface area contributed by atoms with Crippen molar-refractivity contribution in [1.82, 2.24) is 10.7 Å². The van der Waals surface area contributed by atoms with Gasteiger partial charge in [-0.15, -0.1) is 6.58 Å². The van der Waals surface area contributed by atoms with Gasteiger partial charge >= 0.3 is 11.8 Å². The summed E-state index contributed by atoms with van der Waals surface area (Å²) < 4.78 is 5.40. The molecule has 0 aliphatic rings. The minimum atomic E-state index is -0.836. The van der Waals surface area contributed by atoms with E-state index >= 15 is 0 Å². The number of para-hydroxylation sites is 1. The van der Waals surface area contributed by atoms with E-state index in [0.29, 0.717) is 17.9 Å². The smallest absolute Gasteiger partial charge is 0.329 e. The molecular weight excluding hydrogens is 258 g/mol. The zero-order chi connectivity index (χ0) is 14.8. The van der Waals surface area contributed by atoms with Gasteiger partial charge in [0.05, 0.1) is 12.8 Å². The van der Waals surface area contributed by atoms with E-state index in [2.05, 4.69) is 22.4 Å². The Morgan fingerprint density at radius 2 is 2.10 bits per heavy atom. The number of hydrogen-bond acceptors (Lipinski definition) is 4. The molecule has 0 fully saturated rings. The molecule has 0 spiro atoms. The number of hydrogen-bond donors (Lipinski definition) is 2. The molecule has 0 unspecified atom stereocenters. The molecule has 1 rings (SSSR count). The van der Waals surface area contributed by atoms with Crippen LogP contribution in [0.15, 0.2) is 42.0 Å². The Morgan fingerprint density at radius 1 is 1.35 bits per heavy atom.